The summed E-state index contributed by atoms with van der Waals surface area (Å²) in [6, 6.07) is 7.94. The van der Waals surface area contributed by atoms with E-state index in [1.165, 1.54) is 18.9 Å². The lowest BCUT2D eigenvalue weighted by Gasteiger charge is -2.32. The number of ether oxygens (including phenoxy) is 1. The minimum Gasteiger partial charge on any atom is -0.497 e. The molecule has 2 aromatic carbocycles. The Morgan fingerprint density at radius 3 is 2.28 bits per heavy atom. The van der Waals surface area contributed by atoms with E-state index in [-0.39, 0.29) is 17.6 Å². The molecule has 1 aliphatic rings. The molecule has 1 aliphatic carbocycles. The van der Waals surface area contributed by atoms with E-state index in [2.05, 4.69) is 5.32 Å². The van der Waals surface area contributed by atoms with E-state index in [1.807, 2.05) is 0 Å². The summed E-state index contributed by atoms with van der Waals surface area (Å²) in [5, 5.41) is 2.65. The van der Waals surface area contributed by atoms with Gasteiger partial charge < -0.3 is 15.0 Å². The Bertz CT molecular complexity index is 1280. The molecule has 0 aromatic heterocycles. The number of halogens is 4. The maximum absolute atomic E-state index is 13.6. The van der Waals surface area contributed by atoms with Gasteiger partial charge in [-0.3, -0.25) is 13.9 Å². The van der Waals surface area contributed by atoms with Crippen LogP contribution in [0, 0.1) is 0 Å². The predicted octanol–water partition coefficient (Wildman–Crippen LogP) is 4.61. The van der Waals surface area contributed by atoms with Crippen molar-refractivity contribution in [1.29, 1.82) is 0 Å². The summed E-state index contributed by atoms with van der Waals surface area (Å²) >= 11 is 6.10. The first kappa shape index (κ1) is 30.6. The summed E-state index contributed by atoms with van der Waals surface area (Å²) in [5.74, 6) is -0.628. The molecule has 214 valence electrons. The molecule has 39 heavy (non-hydrogen) atoms. The van der Waals surface area contributed by atoms with Gasteiger partial charge in [0.05, 0.1) is 29.6 Å². The number of alkyl halides is 3. The highest BCUT2D eigenvalue weighted by atomic mass is 35.5. The van der Waals surface area contributed by atoms with Crippen LogP contribution in [-0.2, 0) is 32.3 Å². The minimum absolute atomic E-state index is 0.0191. The number of amides is 2. The first-order valence-corrected chi connectivity index (χ1v) is 14.5. The van der Waals surface area contributed by atoms with Gasteiger partial charge in [0.2, 0.25) is 21.8 Å². The van der Waals surface area contributed by atoms with Gasteiger partial charge in [-0.05, 0) is 55.7 Å². The van der Waals surface area contributed by atoms with E-state index < -0.39 is 51.9 Å². The van der Waals surface area contributed by atoms with Crippen LogP contribution >= 0.6 is 11.6 Å². The number of hydrogen-bond donors (Lipinski definition) is 1. The largest absolute Gasteiger partial charge is 0.497 e. The molecule has 1 saturated carbocycles. The highest BCUT2D eigenvalue weighted by Crippen LogP contribution is 2.36. The second-order valence-corrected chi connectivity index (χ2v) is 11.8. The van der Waals surface area contributed by atoms with Gasteiger partial charge >= 0.3 is 6.18 Å². The van der Waals surface area contributed by atoms with E-state index in [0.717, 1.165) is 44.1 Å². The summed E-state index contributed by atoms with van der Waals surface area (Å²) < 4.78 is 71.2. The van der Waals surface area contributed by atoms with Crippen molar-refractivity contribution in [2.45, 2.75) is 57.4 Å². The normalized spacial score (nSPS) is 15.1. The number of methoxy groups -OCH3 is 1. The first-order valence-electron chi connectivity index (χ1n) is 12.3. The van der Waals surface area contributed by atoms with Crippen molar-refractivity contribution < 1.29 is 35.9 Å². The van der Waals surface area contributed by atoms with Crippen molar-refractivity contribution in [2.75, 3.05) is 24.2 Å². The van der Waals surface area contributed by atoms with Crippen molar-refractivity contribution in [3.63, 3.8) is 0 Å². The zero-order valence-electron chi connectivity index (χ0n) is 21.8. The molecule has 1 unspecified atom stereocenters. The van der Waals surface area contributed by atoms with E-state index in [0.29, 0.717) is 21.7 Å². The Balaban J connectivity index is 1.95. The molecule has 1 N–H and O–H groups in total. The Hall–Kier alpha value is -2.99. The molecule has 0 radical (unpaired) electrons. The van der Waals surface area contributed by atoms with Crippen molar-refractivity contribution in [3.8, 4) is 5.75 Å². The average molecular weight is 590 g/mol. The van der Waals surface area contributed by atoms with Crippen LogP contribution in [0.5, 0.6) is 5.75 Å². The van der Waals surface area contributed by atoms with E-state index in [9.17, 15) is 31.2 Å². The smallest absolute Gasteiger partial charge is 0.416 e. The third kappa shape index (κ3) is 8.01. The van der Waals surface area contributed by atoms with Crippen LogP contribution in [0.3, 0.4) is 0 Å². The van der Waals surface area contributed by atoms with E-state index >= 15 is 0 Å². The van der Waals surface area contributed by atoms with Crippen molar-refractivity contribution in [3.05, 3.63) is 58.6 Å². The molecule has 2 amide bonds. The fraction of sp³-hybridized carbons (Fsp3) is 0.462. The number of nitrogens with zero attached hydrogens (tertiary/aromatic N) is 2. The second-order valence-electron chi connectivity index (χ2n) is 9.47. The summed E-state index contributed by atoms with van der Waals surface area (Å²) in [5.41, 5.74) is -0.982. The SMILES string of the molecule is COc1ccc(CN(C(=O)CN(c2cc(C(F)(F)F)ccc2Cl)S(C)(=O)=O)C(C)C(=O)NC2CCCC2)cc1. The van der Waals surface area contributed by atoms with Crippen LogP contribution in [0.4, 0.5) is 18.9 Å². The highest BCUT2D eigenvalue weighted by molar-refractivity contribution is 7.92. The summed E-state index contributed by atoms with van der Waals surface area (Å²) in [6.45, 7) is 0.598. The van der Waals surface area contributed by atoms with Gasteiger partial charge in [0.25, 0.3) is 0 Å². The lowest BCUT2D eigenvalue weighted by molar-refractivity contribution is -0.139. The van der Waals surface area contributed by atoms with Crippen LogP contribution < -0.4 is 14.4 Å². The molecule has 0 heterocycles. The maximum Gasteiger partial charge on any atom is 0.416 e. The second kappa shape index (κ2) is 12.5. The van der Waals surface area contributed by atoms with Crippen LogP contribution in [0.2, 0.25) is 5.02 Å². The Labute approximate surface area is 231 Å². The number of sulfonamides is 1. The van der Waals surface area contributed by atoms with Gasteiger partial charge in [-0.2, -0.15) is 13.2 Å². The van der Waals surface area contributed by atoms with Gasteiger partial charge in [-0.25, -0.2) is 8.42 Å². The Morgan fingerprint density at radius 1 is 1.13 bits per heavy atom. The van der Waals surface area contributed by atoms with E-state index in [1.54, 1.807) is 24.3 Å². The number of anilines is 1. The minimum atomic E-state index is -4.76. The molecule has 0 saturated heterocycles. The van der Waals surface area contributed by atoms with Crippen molar-refractivity contribution >= 4 is 39.1 Å². The molecule has 2 aromatic rings. The van der Waals surface area contributed by atoms with Gasteiger partial charge in [0.15, 0.2) is 0 Å². The van der Waals surface area contributed by atoms with Gasteiger partial charge in [-0.15, -0.1) is 0 Å². The third-order valence-electron chi connectivity index (χ3n) is 6.60. The zero-order valence-corrected chi connectivity index (χ0v) is 23.4. The van der Waals surface area contributed by atoms with E-state index in [4.69, 9.17) is 16.3 Å². The maximum atomic E-state index is 13.6. The van der Waals surface area contributed by atoms with Crippen LogP contribution in [0.1, 0.15) is 43.7 Å². The summed E-state index contributed by atoms with van der Waals surface area (Å²) in [7, 11) is -2.76. The molecular weight excluding hydrogens is 559 g/mol. The molecule has 3 rings (SSSR count). The topological polar surface area (TPSA) is 96.0 Å². The number of rotatable bonds is 10. The van der Waals surface area contributed by atoms with Gasteiger partial charge in [-0.1, -0.05) is 36.6 Å². The predicted molar refractivity (Wildman–Crippen MR) is 142 cm³/mol. The summed E-state index contributed by atoms with van der Waals surface area (Å²) in [6.07, 6.45) is -0.397. The zero-order chi connectivity index (χ0) is 29.0. The monoisotopic (exact) mass is 589 g/mol. The molecule has 8 nitrogen and oxygen atoms in total. The molecule has 0 aliphatic heterocycles. The molecule has 1 atom stereocenters. The summed E-state index contributed by atoms with van der Waals surface area (Å²) in [4.78, 5) is 27.9. The Kier molecular flexibility index (Phi) is 9.76. The Morgan fingerprint density at radius 2 is 1.74 bits per heavy atom. The number of hydrogen-bond acceptors (Lipinski definition) is 5. The van der Waals surface area contributed by atoms with Crippen molar-refractivity contribution in [1.82, 2.24) is 10.2 Å². The standard InChI is InChI=1S/C26H31ClF3N3O5S/c1-17(25(35)31-20-6-4-5-7-20)32(15-18-8-11-21(38-2)12-9-18)24(34)16-33(39(3,36)37)23-14-19(26(28,29)30)10-13-22(23)27/h8-14,17,20H,4-7,15-16H2,1-3H3,(H,31,35). The van der Waals surface area contributed by atoms with Crippen LogP contribution in [0.25, 0.3) is 0 Å². The molecular formula is C26H31ClF3N3O5S. The van der Waals surface area contributed by atoms with Crippen LogP contribution in [0.15, 0.2) is 42.5 Å². The third-order valence-corrected chi connectivity index (χ3v) is 8.05. The fourth-order valence-electron chi connectivity index (χ4n) is 4.38. The van der Waals surface area contributed by atoms with Crippen molar-refractivity contribution in [2.24, 2.45) is 0 Å². The molecule has 1 fully saturated rings. The molecule has 0 bridgehead atoms. The fourth-order valence-corrected chi connectivity index (χ4v) is 5.50. The molecule has 0 spiro atoms. The first-order chi connectivity index (χ1) is 18.2. The highest BCUT2D eigenvalue weighted by Gasteiger charge is 2.35. The molecule has 13 heteroatoms. The van der Waals surface area contributed by atoms with Crippen LogP contribution in [-0.4, -0.2) is 57.1 Å². The lowest BCUT2D eigenvalue weighted by atomic mass is 10.1. The number of nitrogens with one attached hydrogen (secondary N) is 1. The number of carbonyl (C=O) groups is 2. The average Bonchev–Trinajstić information content (AvgIpc) is 3.37. The lowest BCUT2D eigenvalue weighted by Crippen LogP contribution is -2.52. The van der Waals surface area contributed by atoms with Gasteiger partial charge in [0.1, 0.15) is 18.3 Å². The number of benzene rings is 2. The van der Waals surface area contributed by atoms with Gasteiger partial charge in [0, 0.05) is 12.6 Å². The quantitative estimate of drug-likeness (QED) is 0.437. The number of carbonyl (C=O) groups excluding carboxylic acids is 2.